The predicted octanol–water partition coefficient (Wildman–Crippen LogP) is -4.29. The number of aliphatic hydroxyl groups excluding tert-OH is 4. The summed E-state index contributed by atoms with van der Waals surface area (Å²) in [6.07, 6.45) is -6.88. The summed E-state index contributed by atoms with van der Waals surface area (Å²) >= 11 is 0. The van der Waals surface area contributed by atoms with Crippen LogP contribution >= 0.6 is 0 Å². The third-order valence-corrected chi connectivity index (χ3v) is 3.35. The summed E-state index contributed by atoms with van der Waals surface area (Å²) in [5.41, 5.74) is 15.9. The van der Waals surface area contributed by atoms with Crippen LogP contribution in [0.2, 0.25) is 0 Å². The van der Waals surface area contributed by atoms with Crippen molar-refractivity contribution in [3.8, 4) is 0 Å². The first kappa shape index (κ1) is 19.5. The number of guanidine groups is 1. The Morgan fingerprint density at radius 2 is 1.83 bits per heavy atom. The molecule has 134 valence electrons. The highest BCUT2D eigenvalue weighted by Gasteiger charge is 2.43. The van der Waals surface area contributed by atoms with Crippen molar-refractivity contribution in [2.45, 2.75) is 49.6 Å². The molecule has 1 rings (SSSR count). The fraction of sp³-hybridized carbons (Fsp3) is 0.833. The number of carbonyl (C=O) groups excluding carboxylic acids is 1. The Labute approximate surface area is 132 Å². The monoisotopic (exact) mass is 336 g/mol. The molecule has 11 nitrogen and oxygen atoms in total. The summed E-state index contributed by atoms with van der Waals surface area (Å²) in [5.74, 6) is -0.788. The van der Waals surface area contributed by atoms with Crippen LogP contribution in [0.4, 0.5) is 0 Å². The SMILES string of the molecule is NC(N)=NCCC[C@H](N)C(=O)OC[C@H]1O[C@H](O)[C@H](O)[C@@H](O)[C@H]1O. The molecule has 1 saturated heterocycles. The highest BCUT2D eigenvalue weighted by molar-refractivity contribution is 5.76. The summed E-state index contributed by atoms with van der Waals surface area (Å²) in [5, 5.41) is 37.9. The molecule has 0 saturated carbocycles. The molecular formula is C12H24N4O7. The molecule has 0 aromatic heterocycles. The second-order valence-electron chi connectivity index (χ2n) is 5.22. The molecule has 0 unspecified atom stereocenters. The summed E-state index contributed by atoms with van der Waals surface area (Å²) in [6.45, 7) is -0.105. The fourth-order valence-corrected chi connectivity index (χ4v) is 1.98. The van der Waals surface area contributed by atoms with E-state index >= 15 is 0 Å². The van der Waals surface area contributed by atoms with Gasteiger partial charge < -0.3 is 47.1 Å². The van der Waals surface area contributed by atoms with Gasteiger partial charge in [-0.25, -0.2) is 0 Å². The van der Waals surface area contributed by atoms with Gasteiger partial charge in [0.1, 0.15) is 37.1 Å². The molecule has 10 N–H and O–H groups in total. The highest BCUT2D eigenvalue weighted by atomic mass is 16.6. The molecule has 23 heavy (non-hydrogen) atoms. The highest BCUT2D eigenvalue weighted by Crippen LogP contribution is 2.20. The molecule has 11 heteroatoms. The van der Waals surface area contributed by atoms with Crippen LogP contribution in [0.3, 0.4) is 0 Å². The number of ether oxygens (including phenoxy) is 2. The van der Waals surface area contributed by atoms with E-state index in [9.17, 15) is 25.2 Å². The lowest BCUT2D eigenvalue weighted by molar-refractivity contribution is -0.287. The van der Waals surface area contributed by atoms with Gasteiger partial charge in [0.2, 0.25) is 0 Å². The first-order valence-corrected chi connectivity index (χ1v) is 7.09. The number of carbonyl (C=O) groups is 1. The van der Waals surface area contributed by atoms with E-state index in [1.54, 1.807) is 0 Å². The van der Waals surface area contributed by atoms with Gasteiger partial charge in [-0.3, -0.25) is 9.79 Å². The lowest BCUT2D eigenvalue weighted by Crippen LogP contribution is -2.58. The largest absolute Gasteiger partial charge is 0.462 e. The van der Waals surface area contributed by atoms with Crippen molar-refractivity contribution in [2.24, 2.45) is 22.2 Å². The lowest BCUT2D eigenvalue weighted by atomic mass is 9.99. The molecule has 1 fully saturated rings. The van der Waals surface area contributed by atoms with Gasteiger partial charge in [-0.2, -0.15) is 0 Å². The normalized spacial score (nSPS) is 32.1. The van der Waals surface area contributed by atoms with E-state index in [1.165, 1.54) is 0 Å². The fourth-order valence-electron chi connectivity index (χ4n) is 1.98. The zero-order valence-electron chi connectivity index (χ0n) is 12.5. The minimum atomic E-state index is -1.69. The van der Waals surface area contributed by atoms with E-state index < -0.39 is 49.3 Å². The maximum Gasteiger partial charge on any atom is 0.323 e. The van der Waals surface area contributed by atoms with Crippen LogP contribution in [-0.4, -0.2) is 82.3 Å². The summed E-state index contributed by atoms with van der Waals surface area (Å²) in [6, 6.07) is -0.912. The Morgan fingerprint density at radius 1 is 1.17 bits per heavy atom. The van der Waals surface area contributed by atoms with Gasteiger partial charge >= 0.3 is 5.97 Å². The minimum absolute atomic E-state index is 0.0520. The molecule has 0 spiro atoms. The second kappa shape index (κ2) is 8.96. The van der Waals surface area contributed by atoms with E-state index in [1.807, 2.05) is 0 Å². The van der Waals surface area contributed by atoms with Crippen molar-refractivity contribution in [3.63, 3.8) is 0 Å². The standard InChI is InChI=1S/C12H24N4O7/c13-5(2-1-3-16-12(14)15)10(20)22-4-6-7(17)8(18)9(19)11(21)23-6/h5-9,11,17-19,21H,1-4,13H2,(H4,14,15,16)/t5-,6+,7-,8-,9+,11-/m0/s1. The number of esters is 1. The molecule has 0 aliphatic carbocycles. The van der Waals surface area contributed by atoms with Gasteiger partial charge in [0.25, 0.3) is 0 Å². The van der Waals surface area contributed by atoms with Crippen LogP contribution in [0.5, 0.6) is 0 Å². The first-order valence-electron chi connectivity index (χ1n) is 7.09. The lowest BCUT2D eigenvalue weighted by Gasteiger charge is -2.37. The van der Waals surface area contributed by atoms with Crippen LogP contribution < -0.4 is 17.2 Å². The molecular weight excluding hydrogens is 312 g/mol. The summed E-state index contributed by atoms with van der Waals surface area (Å²) in [4.78, 5) is 15.4. The zero-order valence-corrected chi connectivity index (χ0v) is 12.5. The summed E-state index contributed by atoms with van der Waals surface area (Å²) in [7, 11) is 0. The van der Waals surface area contributed by atoms with Gasteiger partial charge in [0.15, 0.2) is 12.2 Å². The third kappa shape index (κ3) is 5.89. The van der Waals surface area contributed by atoms with Crippen molar-refractivity contribution in [2.75, 3.05) is 13.2 Å². The third-order valence-electron chi connectivity index (χ3n) is 3.35. The second-order valence-corrected chi connectivity index (χ2v) is 5.22. The Hall–Kier alpha value is -1.50. The van der Waals surface area contributed by atoms with E-state index in [0.717, 1.165) is 0 Å². The summed E-state index contributed by atoms with van der Waals surface area (Å²) < 4.78 is 9.75. The quantitative estimate of drug-likeness (QED) is 0.103. The van der Waals surface area contributed by atoms with Crippen LogP contribution in [0.15, 0.2) is 4.99 Å². The maximum atomic E-state index is 11.7. The van der Waals surface area contributed by atoms with Gasteiger partial charge in [0, 0.05) is 6.54 Å². The molecule has 0 radical (unpaired) electrons. The smallest absolute Gasteiger partial charge is 0.323 e. The van der Waals surface area contributed by atoms with Crippen molar-refractivity contribution < 1.29 is 34.7 Å². The van der Waals surface area contributed by atoms with E-state index in [-0.39, 0.29) is 12.4 Å². The van der Waals surface area contributed by atoms with Crippen LogP contribution in [0, 0.1) is 0 Å². The average Bonchev–Trinajstić information content (AvgIpc) is 2.50. The molecule has 1 heterocycles. The number of aliphatic hydroxyl groups is 4. The maximum absolute atomic E-state index is 11.7. The van der Waals surface area contributed by atoms with Crippen molar-refractivity contribution >= 4 is 11.9 Å². The molecule has 6 atom stereocenters. The Balaban J connectivity index is 2.36. The average molecular weight is 336 g/mol. The molecule has 1 aliphatic heterocycles. The number of hydrogen-bond donors (Lipinski definition) is 7. The van der Waals surface area contributed by atoms with E-state index in [0.29, 0.717) is 13.0 Å². The van der Waals surface area contributed by atoms with Crippen LogP contribution in [0.1, 0.15) is 12.8 Å². The molecule has 0 aromatic carbocycles. The number of aliphatic imine (C=N–C) groups is 1. The van der Waals surface area contributed by atoms with Crippen LogP contribution in [0.25, 0.3) is 0 Å². The first-order chi connectivity index (χ1) is 10.7. The molecule has 0 amide bonds. The Morgan fingerprint density at radius 3 is 2.43 bits per heavy atom. The molecule has 1 aliphatic rings. The Kier molecular flexibility index (Phi) is 7.61. The molecule has 0 aromatic rings. The van der Waals surface area contributed by atoms with Gasteiger partial charge in [-0.05, 0) is 12.8 Å². The number of rotatable bonds is 7. The number of nitrogens with zero attached hydrogens (tertiary/aromatic N) is 1. The van der Waals surface area contributed by atoms with Crippen molar-refractivity contribution in [3.05, 3.63) is 0 Å². The topological polar surface area (TPSA) is 207 Å². The van der Waals surface area contributed by atoms with Crippen molar-refractivity contribution in [1.82, 2.24) is 0 Å². The Bertz CT molecular complexity index is 418. The number of nitrogens with two attached hydrogens (primary N) is 3. The predicted molar refractivity (Wildman–Crippen MR) is 77.7 cm³/mol. The van der Waals surface area contributed by atoms with Crippen molar-refractivity contribution in [1.29, 1.82) is 0 Å². The van der Waals surface area contributed by atoms with Gasteiger partial charge in [-0.15, -0.1) is 0 Å². The molecule has 0 bridgehead atoms. The van der Waals surface area contributed by atoms with E-state index in [2.05, 4.69) is 4.99 Å². The van der Waals surface area contributed by atoms with Crippen LogP contribution in [-0.2, 0) is 14.3 Å². The zero-order chi connectivity index (χ0) is 17.6. The minimum Gasteiger partial charge on any atom is -0.462 e. The number of hydrogen-bond acceptors (Lipinski definition) is 9. The van der Waals surface area contributed by atoms with Gasteiger partial charge in [-0.1, -0.05) is 0 Å². The van der Waals surface area contributed by atoms with Gasteiger partial charge in [0.05, 0.1) is 0 Å². The van der Waals surface area contributed by atoms with E-state index in [4.69, 9.17) is 26.7 Å².